The van der Waals surface area contributed by atoms with Gasteiger partial charge in [-0.2, -0.15) is 0 Å². The van der Waals surface area contributed by atoms with E-state index in [1.54, 1.807) is 4.90 Å². The molecule has 3 rings (SSSR count). The Hall–Kier alpha value is -1.39. The normalized spacial score (nSPS) is 22.7. The van der Waals surface area contributed by atoms with Gasteiger partial charge < -0.3 is 20.1 Å². The van der Waals surface area contributed by atoms with Crippen LogP contribution in [-0.4, -0.2) is 57.7 Å². The van der Waals surface area contributed by atoms with Gasteiger partial charge in [-0.05, 0) is 39.0 Å². The van der Waals surface area contributed by atoms with E-state index >= 15 is 0 Å². The van der Waals surface area contributed by atoms with Gasteiger partial charge in [0.05, 0.1) is 0 Å². The van der Waals surface area contributed by atoms with Gasteiger partial charge in [0, 0.05) is 39.1 Å². The third kappa shape index (κ3) is 6.05. The highest BCUT2D eigenvalue weighted by Gasteiger charge is 2.30. The molecule has 0 bridgehead atoms. The van der Waals surface area contributed by atoms with Gasteiger partial charge >= 0.3 is 0 Å². The minimum atomic E-state index is 0. The quantitative estimate of drug-likeness (QED) is 0.373. The van der Waals surface area contributed by atoms with Crippen LogP contribution >= 0.6 is 24.0 Å². The van der Waals surface area contributed by atoms with Crippen molar-refractivity contribution in [2.75, 3.05) is 14.1 Å². The average molecular weight is 489 g/mol. The Balaban J connectivity index is 0.00000261. The Kier molecular flexibility index (Phi) is 7.87. The van der Waals surface area contributed by atoms with E-state index in [1.807, 2.05) is 32.6 Å². The van der Waals surface area contributed by atoms with E-state index < -0.39 is 0 Å². The van der Waals surface area contributed by atoms with Gasteiger partial charge in [-0.25, -0.2) is 4.99 Å². The molecule has 2 aliphatic rings. The summed E-state index contributed by atoms with van der Waals surface area (Å²) in [5, 5.41) is 15.3. The molecule has 1 aromatic heterocycles. The summed E-state index contributed by atoms with van der Waals surface area (Å²) in [4.78, 5) is 18.7. The molecule has 2 aliphatic carbocycles. The Labute approximate surface area is 178 Å². The van der Waals surface area contributed by atoms with Crippen molar-refractivity contribution in [3.63, 3.8) is 0 Å². The van der Waals surface area contributed by atoms with Crippen molar-refractivity contribution in [1.82, 2.24) is 30.3 Å². The predicted octanol–water partition coefficient (Wildman–Crippen LogP) is 1.59. The molecule has 9 heteroatoms. The molecular formula is C18H32IN7O. The number of carbonyl (C=O) groups excluding carboxylic acids is 1. The third-order valence-electron chi connectivity index (χ3n) is 5.28. The van der Waals surface area contributed by atoms with E-state index in [2.05, 4.69) is 20.8 Å². The summed E-state index contributed by atoms with van der Waals surface area (Å²) in [5.74, 6) is 2.91. The summed E-state index contributed by atoms with van der Waals surface area (Å²) in [6.07, 6.45) is 6.38. The van der Waals surface area contributed by atoms with Crippen molar-refractivity contribution in [3.05, 3.63) is 11.6 Å². The lowest BCUT2D eigenvalue weighted by Crippen LogP contribution is -2.47. The first-order chi connectivity index (χ1) is 12.4. The number of carbonyl (C=O) groups is 1. The molecule has 2 saturated carbocycles. The number of hydrogen-bond donors (Lipinski definition) is 2. The van der Waals surface area contributed by atoms with Crippen molar-refractivity contribution in [3.8, 4) is 0 Å². The highest BCUT2D eigenvalue weighted by atomic mass is 127. The number of guanidine groups is 1. The lowest BCUT2D eigenvalue weighted by molar-refractivity contribution is -0.134. The maximum Gasteiger partial charge on any atom is 0.225 e. The predicted molar refractivity (Wildman–Crippen MR) is 116 cm³/mol. The summed E-state index contributed by atoms with van der Waals surface area (Å²) >= 11 is 0. The number of aliphatic imine (C=N–C) groups is 1. The van der Waals surface area contributed by atoms with Crippen molar-refractivity contribution in [2.24, 2.45) is 18.0 Å². The molecule has 2 fully saturated rings. The molecule has 152 valence electrons. The number of rotatable bonds is 5. The lowest BCUT2D eigenvalue weighted by atomic mass is 9.85. The molecule has 1 aromatic rings. The van der Waals surface area contributed by atoms with E-state index in [-0.39, 0.29) is 41.8 Å². The molecule has 0 aliphatic heterocycles. The molecule has 2 N–H and O–H groups in total. The van der Waals surface area contributed by atoms with E-state index in [0.29, 0.717) is 12.6 Å². The largest absolute Gasteiger partial charge is 0.354 e. The van der Waals surface area contributed by atoms with Gasteiger partial charge in [-0.1, -0.05) is 6.42 Å². The second kappa shape index (κ2) is 9.70. The summed E-state index contributed by atoms with van der Waals surface area (Å²) in [6.45, 7) is 2.43. The number of halogens is 1. The summed E-state index contributed by atoms with van der Waals surface area (Å²) in [6, 6.07) is 0.800. The topological polar surface area (TPSA) is 87.4 Å². The van der Waals surface area contributed by atoms with E-state index in [0.717, 1.165) is 43.3 Å². The van der Waals surface area contributed by atoms with Crippen molar-refractivity contribution in [1.29, 1.82) is 0 Å². The number of nitrogens with one attached hydrogen (secondary N) is 2. The summed E-state index contributed by atoms with van der Waals surface area (Å²) in [5.41, 5.74) is 0. The van der Waals surface area contributed by atoms with Crippen LogP contribution in [0.1, 0.15) is 50.2 Å². The number of nitrogens with zero attached hydrogens (tertiary/aromatic N) is 5. The first kappa shape index (κ1) is 21.9. The molecule has 8 nitrogen and oxygen atoms in total. The van der Waals surface area contributed by atoms with Gasteiger partial charge in [0.2, 0.25) is 5.91 Å². The van der Waals surface area contributed by atoms with Crippen LogP contribution in [0, 0.1) is 12.8 Å². The number of aromatic nitrogens is 3. The van der Waals surface area contributed by atoms with Crippen LogP contribution in [0.25, 0.3) is 0 Å². The molecule has 27 heavy (non-hydrogen) atoms. The second-order valence-corrected chi connectivity index (χ2v) is 7.74. The Bertz CT molecular complexity index is 669. The standard InChI is InChI=1S/C18H31N7O.HI/c1-12-22-23-16(25(12)4)11-19-18(20-14-8-9-14)21-15-7-5-6-13(10-15)17(26)24(2)3;/h13-15H,5-11H2,1-4H3,(H2,19,20,21);1H. The smallest absolute Gasteiger partial charge is 0.225 e. The maximum absolute atomic E-state index is 12.3. The number of aryl methyl sites for hydroxylation is 1. The van der Waals surface area contributed by atoms with Crippen LogP contribution in [0.4, 0.5) is 0 Å². The van der Waals surface area contributed by atoms with Crippen LogP contribution in [0.15, 0.2) is 4.99 Å². The monoisotopic (exact) mass is 489 g/mol. The van der Waals surface area contributed by atoms with Gasteiger partial charge in [0.15, 0.2) is 11.8 Å². The minimum absolute atomic E-state index is 0. The summed E-state index contributed by atoms with van der Waals surface area (Å²) in [7, 11) is 5.63. The van der Waals surface area contributed by atoms with E-state index in [9.17, 15) is 4.79 Å². The SMILES string of the molecule is Cc1nnc(CN=C(NC2CC2)NC2CCCC(C(=O)N(C)C)C2)n1C.I. The van der Waals surface area contributed by atoms with Crippen molar-refractivity contribution < 1.29 is 4.79 Å². The van der Waals surface area contributed by atoms with Crippen LogP contribution < -0.4 is 10.6 Å². The molecule has 0 aromatic carbocycles. The van der Waals surface area contributed by atoms with E-state index in [1.165, 1.54) is 12.8 Å². The fourth-order valence-corrected chi connectivity index (χ4v) is 3.40. The first-order valence-electron chi connectivity index (χ1n) is 9.57. The average Bonchev–Trinajstić information content (AvgIpc) is 3.38. The zero-order chi connectivity index (χ0) is 18.7. The van der Waals surface area contributed by atoms with Crippen LogP contribution in [-0.2, 0) is 18.4 Å². The molecule has 1 heterocycles. The molecule has 0 saturated heterocycles. The molecule has 1 amide bonds. The molecule has 2 atom stereocenters. The van der Waals surface area contributed by atoms with E-state index in [4.69, 9.17) is 4.99 Å². The fourth-order valence-electron chi connectivity index (χ4n) is 3.40. The van der Waals surface area contributed by atoms with Crippen molar-refractivity contribution in [2.45, 2.75) is 64.1 Å². The highest BCUT2D eigenvalue weighted by Crippen LogP contribution is 2.26. The lowest BCUT2D eigenvalue weighted by Gasteiger charge is -2.31. The molecule has 0 spiro atoms. The second-order valence-electron chi connectivity index (χ2n) is 7.74. The molecule has 0 radical (unpaired) electrons. The van der Waals surface area contributed by atoms with Gasteiger partial charge in [-0.15, -0.1) is 34.2 Å². The van der Waals surface area contributed by atoms with Crippen LogP contribution in [0.2, 0.25) is 0 Å². The van der Waals surface area contributed by atoms with Crippen LogP contribution in [0.5, 0.6) is 0 Å². The maximum atomic E-state index is 12.3. The fraction of sp³-hybridized carbons (Fsp3) is 0.778. The van der Waals surface area contributed by atoms with Gasteiger partial charge in [-0.3, -0.25) is 4.79 Å². The Morgan fingerprint density at radius 1 is 1.19 bits per heavy atom. The number of amides is 1. The Morgan fingerprint density at radius 2 is 1.89 bits per heavy atom. The highest BCUT2D eigenvalue weighted by molar-refractivity contribution is 14.0. The van der Waals surface area contributed by atoms with Crippen molar-refractivity contribution >= 4 is 35.8 Å². The zero-order valence-corrected chi connectivity index (χ0v) is 19.1. The zero-order valence-electron chi connectivity index (χ0n) is 16.7. The molecular weight excluding hydrogens is 457 g/mol. The first-order valence-corrected chi connectivity index (χ1v) is 9.57. The van der Waals surface area contributed by atoms with Gasteiger partial charge in [0.25, 0.3) is 0 Å². The van der Waals surface area contributed by atoms with Gasteiger partial charge in [0.1, 0.15) is 12.4 Å². The third-order valence-corrected chi connectivity index (χ3v) is 5.28. The van der Waals surface area contributed by atoms with Crippen LogP contribution in [0.3, 0.4) is 0 Å². The Morgan fingerprint density at radius 3 is 2.48 bits per heavy atom. The molecule has 2 unspecified atom stereocenters. The minimum Gasteiger partial charge on any atom is -0.354 e. The summed E-state index contributed by atoms with van der Waals surface area (Å²) < 4.78 is 1.96. The number of hydrogen-bond acceptors (Lipinski definition) is 4.